The highest BCUT2D eigenvalue weighted by atomic mass is 32.2. The summed E-state index contributed by atoms with van der Waals surface area (Å²) in [5, 5.41) is 9.43. The smallest absolute Gasteiger partial charge is 0.221 e. The second-order valence-corrected chi connectivity index (χ2v) is 6.17. The number of nitrogens with one attached hydrogen (secondary N) is 2. The van der Waals surface area contributed by atoms with Gasteiger partial charge in [-0.2, -0.15) is 5.10 Å². The average molecular weight is 304 g/mol. The monoisotopic (exact) mass is 304 g/mol. The van der Waals surface area contributed by atoms with Gasteiger partial charge in [0, 0.05) is 17.1 Å². The quantitative estimate of drug-likeness (QED) is 0.805. The van der Waals surface area contributed by atoms with E-state index in [4.69, 9.17) is 0 Å². The molecule has 2 N–H and O–H groups in total. The molecule has 0 aliphatic carbocycles. The van der Waals surface area contributed by atoms with Gasteiger partial charge < -0.3 is 5.32 Å². The lowest BCUT2D eigenvalue weighted by atomic mass is 10.1. The van der Waals surface area contributed by atoms with E-state index in [9.17, 15) is 4.79 Å². The minimum Gasteiger partial charge on any atom is -0.346 e. The summed E-state index contributed by atoms with van der Waals surface area (Å²) < 4.78 is 0. The van der Waals surface area contributed by atoms with Crippen LogP contribution in [-0.2, 0) is 4.79 Å². The average Bonchev–Trinajstić information content (AvgIpc) is 2.97. The van der Waals surface area contributed by atoms with Crippen LogP contribution in [-0.4, -0.2) is 26.8 Å². The molecule has 2 aromatic rings. The minimum absolute atomic E-state index is 0.0234. The third-order valence-corrected chi connectivity index (χ3v) is 4.29. The van der Waals surface area contributed by atoms with Crippen molar-refractivity contribution in [2.75, 3.05) is 5.75 Å². The Labute approximate surface area is 128 Å². The molecule has 0 radical (unpaired) electrons. The van der Waals surface area contributed by atoms with Gasteiger partial charge in [0.25, 0.3) is 0 Å². The second kappa shape index (κ2) is 7.26. The molecule has 112 valence electrons. The van der Waals surface area contributed by atoms with E-state index >= 15 is 0 Å². The van der Waals surface area contributed by atoms with Gasteiger partial charge in [-0.15, -0.1) is 11.8 Å². The maximum absolute atomic E-state index is 11.9. The molecule has 0 saturated carbocycles. The number of thioether (sulfide) groups is 1. The molecule has 0 spiro atoms. The Kier molecular flexibility index (Phi) is 5.38. The van der Waals surface area contributed by atoms with Crippen LogP contribution in [0.25, 0.3) is 0 Å². The highest BCUT2D eigenvalue weighted by Crippen LogP contribution is 2.21. The molecule has 1 unspecified atom stereocenters. The molecule has 0 bridgehead atoms. The van der Waals surface area contributed by atoms with Crippen LogP contribution in [0.2, 0.25) is 0 Å². The number of rotatable bonds is 6. The van der Waals surface area contributed by atoms with Crippen molar-refractivity contribution in [3.8, 4) is 0 Å². The van der Waals surface area contributed by atoms with Gasteiger partial charge in [-0.05, 0) is 44.0 Å². The Morgan fingerprint density at radius 3 is 2.86 bits per heavy atom. The topological polar surface area (TPSA) is 70.7 Å². The van der Waals surface area contributed by atoms with Crippen LogP contribution in [0.4, 0.5) is 0 Å². The maximum Gasteiger partial charge on any atom is 0.221 e. The van der Waals surface area contributed by atoms with E-state index in [-0.39, 0.29) is 11.9 Å². The van der Waals surface area contributed by atoms with E-state index in [0.717, 1.165) is 5.75 Å². The number of H-pyrrole nitrogens is 1. The molecule has 0 saturated heterocycles. The van der Waals surface area contributed by atoms with Crippen LogP contribution in [0.5, 0.6) is 0 Å². The minimum atomic E-state index is -0.147. The fourth-order valence-corrected chi connectivity index (χ4v) is 2.82. The first-order valence-electron chi connectivity index (χ1n) is 6.91. The number of amides is 1. The first kappa shape index (κ1) is 15.6. The van der Waals surface area contributed by atoms with Gasteiger partial charge in [0.1, 0.15) is 12.2 Å². The SMILES string of the molecule is Cc1ccc(SCCC(=O)NC(C)c2ncn[nH]2)cc1C. The van der Waals surface area contributed by atoms with Crippen LogP contribution in [0.1, 0.15) is 36.3 Å². The number of aromatic amines is 1. The molecular weight excluding hydrogens is 284 g/mol. The van der Waals surface area contributed by atoms with Gasteiger partial charge >= 0.3 is 0 Å². The zero-order valence-electron chi connectivity index (χ0n) is 12.5. The summed E-state index contributed by atoms with van der Waals surface area (Å²) in [6.45, 7) is 6.09. The first-order valence-corrected chi connectivity index (χ1v) is 7.89. The highest BCUT2D eigenvalue weighted by Gasteiger charge is 2.11. The molecule has 1 heterocycles. The highest BCUT2D eigenvalue weighted by molar-refractivity contribution is 7.99. The maximum atomic E-state index is 11.9. The molecule has 1 aromatic carbocycles. The lowest BCUT2D eigenvalue weighted by Crippen LogP contribution is -2.27. The van der Waals surface area contributed by atoms with E-state index < -0.39 is 0 Å². The Bertz CT molecular complexity index is 598. The summed E-state index contributed by atoms with van der Waals surface area (Å²) in [6, 6.07) is 6.23. The number of hydrogen-bond donors (Lipinski definition) is 2. The predicted molar refractivity (Wildman–Crippen MR) is 84.2 cm³/mol. The fraction of sp³-hybridized carbons (Fsp3) is 0.400. The summed E-state index contributed by atoms with van der Waals surface area (Å²) in [7, 11) is 0. The number of hydrogen-bond acceptors (Lipinski definition) is 4. The number of aryl methyl sites for hydroxylation is 2. The first-order chi connectivity index (χ1) is 10.1. The Hall–Kier alpha value is -1.82. The summed E-state index contributed by atoms with van der Waals surface area (Å²) >= 11 is 1.70. The molecule has 1 aromatic heterocycles. The van der Waals surface area contributed by atoms with Crippen LogP contribution in [0.3, 0.4) is 0 Å². The molecule has 21 heavy (non-hydrogen) atoms. The van der Waals surface area contributed by atoms with Gasteiger partial charge in [0.15, 0.2) is 0 Å². The third kappa shape index (κ3) is 4.60. The summed E-state index contributed by atoms with van der Waals surface area (Å²) in [5.74, 6) is 1.46. The molecule has 6 heteroatoms. The number of benzene rings is 1. The number of nitrogens with zero attached hydrogens (tertiary/aromatic N) is 2. The van der Waals surface area contributed by atoms with Crippen molar-refractivity contribution in [1.82, 2.24) is 20.5 Å². The van der Waals surface area contributed by atoms with E-state index in [2.05, 4.69) is 52.5 Å². The van der Waals surface area contributed by atoms with Crippen molar-refractivity contribution in [2.24, 2.45) is 0 Å². The Morgan fingerprint density at radius 2 is 2.19 bits per heavy atom. The molecule has 0 aliphatic heterocycles. The zero-order valence-corrected chi connectivity index (χ0v) is 13.3. The predicted octanol–water partition coefficient (Wildman–Crippen LogP) is 2.78. The van der Waals surface area contributed by atoms with E-state index in [1.165, 1.54) is 22.3 Å². The van der Waals surface area contributed by atoms with Crippen molar-refractivity contribution in [3.63, 3.8) is 0 Å². The van der Waals surface area contributed by atoms with Crippen molar-refractivity contribution < 1.29 is 4.79 Å². The molecule has 5 nitrogen and oxygen atoms in total. The molecule has 2 rings (SSSR count). The summed E-state index contributed by atoms with van der Waals surface area (Å²) in [6.07, 6.45) is 1.92. The largest absolute Gasteiger partial charge is 0.346 e. The van der Waals surface area contributed by atoms with Gasteiger partial charge in [-0.3, -0.25) is 9.89 Å². The van der Waals surface area contributed by atoms with Gasteiger partial charge in [0.05, 0.1) is 6.04 Å². The fourth-order valence-electron chi connectivity index (χ4n) is 1.87. The van der Waals surface area contributed by atoms with Crippen molar-refractivity contribution in [2.45, 2.75) is 38.1 Å². The van der Waals surface area contributed by atoms with E-state index in [0.29, 0.717) is 12.2 Å². The number of aromatic nitrogens is 3. The van der Waals surface area contributed by atoms with Crippen LogP contribution in [0.15, 0.2) is 29.4 Å². The number of carbonyl (C=O) groups excluding carboxylic acids is 1. The molecule has 0 aliphatic rings. The Morgan fingerprint density at radius 1 is 1.38 bits per heavy atom. The Balaban J connectivity index is 1.75. The van der Waals surface area contributed by atoms with Crippen molar-refractivity contribution >= 4 is 17.7 Å². The van der Waals surface area contributed by atoms with Crippen molar-refractivity contribution in [1.29, 1.82) is 0 Å². The summed E-state index contributed by atoms with van der Waals surface area (Å²) in [5.41, 5.74) is 2.57. The van der Waals surface area contributed by atoms with Crippen LogP contribution in [0, 0.1) is 13.8 Å². The van der Waals surface area contributed by atoms with Crippen LogP contribution < -0.4 is 5.32 Å². The normalized spacial score (nSPS) is 12.1. The molecule has 0 fully saturated rings. The molecule has 1 amide bonds. The van der Waals surface area contributed by atoms with Gasteiger partial charge in [0.2, 0.25) is 5.91 Å². The number of carbonyl (C=O) groups is 1. The standard InChI is InChI=1S/C15H20N4OS/c1-10-4-5-13(8-11(10)2)21-7-6-14(20)18-12(3)15-16-9-17-19-15/h4-5,8-9,12H,6-7H2,1-3H3,(H,18,20)(H,16,17,19). The third-order valence-electron chi connectivity index (χ3n) is 3.30. The van der Waals surface area contributed by atoms with E-state index in [1.54, 1.807) is 11.8 Å². The van der Waals surface area contributed by atoms with Gasteiger partial charge in [-0.25, -0.2) is 4.98 Å². The second-order valence-electron chi connectivity index (χ2n) is 5.00. The van der Waals surface area contributed by atoms with Gasteiger partial charge in [-0.1, -0.05) is 6.07 Å². The van der Waals surface area contributed by atoms with E-state index in [1.807, 2.05) is 6.92 Å². The van der Waals surface area contributed by atoms with Crippen molar-refractivity contribution in [3.05, 3.63) is 41.5 Å². The lowest BCUT2D eigenvalue weighted by Gasteiger charge is -2.11. The molecule has 1 atom stereocenters. The summed E-state index contributed by atoms with van der Waals surface area (Å²) in [4.78, 5) is 17.1. The lowest BCUT2D eigenvalue weighted by molar-refractivity contribution is -0.121. The molecular formula is C15H20N4OS. The van der Waals surface area contributed by atoms with Crippen LogP contribution >= 0.6 is 11.8 Å². The zero-order chi connectivity index (χ0) is 15.2.